The summed E-state index contributed by atoms with van der Waals surface area (Å²) in [6, 6.07) is 9.30. The number of ether oxygens (including phenoxy) is 1. The lowest BCUT2D eigenvalue weighted by Crippen LogP contribution is -2.26. The van der Waals surface area contributed by atoms with E-state index in [1.807, 2.05) is 24.3 Å². The fraction of sp³-hybridized carbons (Fsp3) is 0.333. The van der Waals surface area contributed by atoms with Crippen molar-refractivity contribution < 1.29 is 9.53 Å². The summed E-state index contributed by atoms with van der Waals surface area (Å²) in [6.07, 6.45) is 1.68. The topological polar surface area (TPSA) is 56.2 Å². The Kier molecular flexibility index (Phi) is 4.10. The van der Waals surface area contributed by atoms with Crippen molar-refractivity contribution in [2.24, 2.45) is 0 Å². The first-order valence-corrected chi connectivity index (χ1v) is 7.33. The van der Waals surface area contributed by atoms with Crippen LogP contribution in [0.1, 0.15) is 22.5 Å². The van der Waals surface area contributed by atoms with Crippen molar-refractivity contribution >= 4 is 17.5 Å². The number of halogens is 1. The van der Waals surface area contributed by atoms with Crippen LogP contribution in [0.5, 0.6) is 5.88 Å². The Labute approximate surface area is 127 Å². The molecule has 0 saturated carbocycles. The fourth-order valence-electron chi connectivity index (χ4n) is 2.24. The first-order chi connectivity index (χ1) is 10.2. The van der Waals surface area contributed by atoms with E-state index in [4.69, 9.17) is 16.3 Å². The molecule has 5 nitrogen and oxygen atoms in total. The Morgan fingerprint density at radius 3 is 2.95 bits per heavy atom. The summed E-state index contributed by atoms with van der Waals surface area (Å²) in [5, 5.41) is 7.83. The minimum absolute atomic E-state index is 0.172. The second-order valence-corrected chi connectivity index (χ2v) is 5.36. The SMILES string of the molecule is O=C(NCCc1ccc(Cl)cc1)c1cc2n(n1)CCCO2. The van der Waals surface area contributed by atoms with Gasteiger partial charge in [-0.25, -0.2) is 4.68 Å². The highest BCUT2D eigenvalue weighted by Gasteiger charge is 2.17. The number of fused-ring (bicyclic) bond motifs is 1. The molecule has 0 aliphatic carbocycles. The van der Waals surface area contributed by atoms with Crippen LogP contribution in [0.4, 0.5) is 0 Å². The maximum absolute atomic E-state index is 12.0. The number of nitrogens with one attached hydrogen (secondary N) is 1. The lowest BCUT2D eigenvalue weighted by atomic mass is 10.1. The van der Waals surface area contributed by atoms with E-state index < -0.39 is 0 Å². The van der Waals surface area contributed by atoms with Gasteiger partial charge in [0.2, 0.25) is 5.88 Å². The molecule has 6 heteroatoms. The molecule has 21 heavy (non-hydrogen) atoms. The Bertz CT molecular complexity index is 613. The van der Waals surface area contributed by atoms with E-state index in [0.717, 1.165) is 24.9 Å². The molecule has 1 aliphatic rings. The molecular weight excluding hydrogens is 290 g/mol. The molecule has 0 radical (unpaired) electrons. The van der Waals surface area contributed by atoms with Crippen molar-refractivity contribution in [1.82, 2.24) is 15.1 Å². The van der Waals surface area contributed by atoms with Gasteiger partial charge in [-0.05, 0) is 24.1 Å². The van der Waals surface area contributed by atoms with Gasteiger partial charge in [0.05, 0.1) is 6.61 Å². The molecule has 3 rings (SSSR count). The highest BCUT2D eigenvalue weighted by Crippen LogP contribution is 2.18. The summed E-state index contributed by atoms with van der Waals surface area (Å²) in [7, 11) is 0. The molecule has 0 saturated heterocycles. The van der Waals surface area contributed by atoms with Crippen molar-refractivity contribution in [1.29, 1.82) is 0 Å². The molecule has 1 N–H and O–H groups in total. The van der Waals surface area contributed by atoms with Crippen LogP contribution < -0.4 is 10.1 Å². The standard InChI is InChI=1S/C15H16ClN3O2/c16-12-4-2-11(3-5-12)6-7-17-15(20)13-10-14-19(18-13)8-1-9-21-14/h2-5,10H,1,6-9H2,(H,17,20). The van der Waals surface area contributed by atoms with Gasteiger partial charge < -0.3 is 10.1 Å². The average molecular weight is 306 g/mol. The molecule has 1 aromatic carbocycles. The molecule has 0 unspecified atom stereocenters. The van der Waals surface area contributed by atoms with Crippen molar-refractivity contribution in [3.8, 4) is 5.88 Å². The Balaban J connectivity index is 1.54. The molecule has 0 fully saturated rings. The number of carbonyl (C=O) groups excluding carboxylic acids is 1. The maximum atomic E-state index is 12.0. The third-order valence-electron chi connectivity index (χ3n) is 3.35. The van der Waals surface area contributed by atoms with Gasteiger partial charge in [-0.3, -0.25) is 4.79 Å². The lowest BCUT2D eigenvalue weighted by molar-refractivity contribution is 0.0948. The summed E-state index contributed by atoms with van der Waals surface area (Å²) in [4.78, 5) is 12.0. The second kappa shape index (κ2) is 6.18. The largest absolute Gasteiger partial charge is 0.478 e. The highest BCUT2D eigenvalue weighted by atomic mass is 35.5. The van der Waals surface area contributed by atoms with Gasteiger partial charge in [0, 0.05) is 30.6 Å². The van der Waals surface area contributed by atoms with Crippen molar-refractivity contribution in [2.45, 2.75) is 19.4 Å². The van der Waals surface area contributed by atoms with Crippen molar-refractivity contribution in [3.05, 3.63) is 46.6 Å². The van der Waals surface area contributed by atoms with Gasteiger partial charge in [-0.2, -0.15) is 5.10 Å². The van der Waals surface area contributed by atoms with Gasteiger partial charge >= 0.3 is 0 Å². The van der Waals surface area contributed by atoms with Gasteiger partial charge in [0.15, 0.2) is 5.69 Å². The molecular formula is C15H16ClN3O2. The van der Waals surface area contributed by atoms with Crippen LogP contribution >= 0.6 is 11.6 Å². The zero-order valence-corrected chi connectivity index (χ0v) is 12.3. The van der Waals surface area contributed by atoms with Gasteiger partial charge in [0.25, 0.3) is 5.91 Å². The number of hydrogen-bond acceptors (Lipinski definition) is 3. The zero-order chi connectivity index (χ0) is 14.7. The third kappa shape index (κ3) is 3.36. The number of nitrogens with zero attached hydrogens (tertiary/aromatic N) is 2. The number of benzene rings is 1. The number of aryl methyl sites for hydroxylation is 1. The van der Waals surface area contributed by atoms with Gasteiger partial charge in [0.1, 0.15) is 0 Å². The van der Waals surface area contributed by atoms with E-state index in [1.54, 1.807) is 10.7 Å². The van der Waals surface area contributed by atoms with Crippen LogP contribution in [0, 0.1) is 0 Å². The van der Waals surface area contributed by atoms with Crippen LogP contribution in [0.15, 0.2) is 30.3 Å². The van der Waals surface area contributed by atoms with E-state index in [0.29, 0.717) is 29.7 Å². The smallest absolute Gasteiger partial charge is 0.271 e. The predicted octanol–water partition coefficient (Wildman–Crippen LogP) is 2.29. The number of hydrogen-bond donors (Lipinski definition) is 1. The van der Waals surface area contributed by atoms with E-state index in [-0.39, 0.29) is 5.91 Å². The number of amides is 1. The van der Waals surface area contributed by atoms with E-state index >= 15 is 0 Å². The minimum Gasteiger partial charge on any atom is -0.478 e. The van der Waals surface area contributed by atoms with Gasteiger partial charge in [-0.15, -0.1) is 0 Å². The molecule has 0 spiro atoms. The normalized spacial score (nSPS) is 13.4. The molecule has 2 aromatic rings. The summed E-state index contributed by atoms with van der Waals surface area (Å²) in [6.45, 7) is 2.04. The molecule has 0 atom stereocenters. The third-order valence-corrected chi connectivity index (χ3v) is 3.60. The highest BCUT2D eigenvalue weighted by molar-refractivity contribution is 6.30. The Hall–Kier alpha value is -2.01. The first-order valence-electron chi connectivity index (χ1n) is 6.96. The zero-order valence-electron chi connectivity index (χ0n) is 11.5. The molecule has 0 bridgehead atoms. The van der Waals surface area contributed by atoms with Crippen molar-refractivity contribution in [2.75, 3.05) is 13.2 Å². The van der Waals surface area contributed by atoms with Gasteiger partial charge in [-0.1, -0.05) is 23.7 Å². The predicted molar refractivity (Wildman–Crippen MR) is 79.8 cm³/mol. The number of carbonyl (C=O) groups is 1. The second-order valence-electron chi connectivity index (χ2n) is 4.93. The van der Waals surface area contributed by atoms with E-state index in [1.165, 1.54) is 0 Å². The lowest BCUT2D eigenvalue weighted by Gasteiger charge is -2.13. The molecule has 2 heterocycles. The summed E-state index contributed by atoms with van der Waals surface area (Å²) < 4.78 is 7.18. The van der Waals surface area contributed by atoms with Crippen LogP contribution in [0.25, 0.3) is 0 Å². The average Bonchev–Trinajstić information content (AvgIpc) is 2.93. The number of rotatable bonds is 4. The minimum atomic E-state index is -0.172. The quantitative estimate of drug-likeness (QED) is 0.943. The summed E-state index contributed by atoms with van der Waals surface area (Å²) >= 11 is 5.83. The van der Waals surface area contributed by atoms with E-state index in [2.05, 4.69) is 10.4 Å². The van der Waals surface area contributed by atoms with E-state index in [9.17, 15) is 4.79 Å². The Morgan fingerprint density at radius 2 is 2.19 bits per heavy atom. The summed E-state index contributed by atoms with van der Waals surface area (Å²) in [5.41, 5.74) is 1.54. The fourth-order valence-corrected chi connectivity index (χ4v) is 2.37. The number of aromatic nitrogens is 2. The molecule has 110 valence electrons. The van der Waals surface area contributed by atoms with Crippen LogP contribution in [-0.2, 0) is 13.0 Å². The van der Waals surface area contributed by atoms with Crippen LogP contribution in [0.3, 0.4) is 0 Å². The maximum Gasteiger partial charge on any atom is 0.271 e. The van der Waals surface area contributed by atoms with Crippen LogP contribution in [-0.4, -0.2) is 28.8 Å². The van der Waals surface area contributed by atoms with Crippen LogP contribution in [0.2, 0.25) is 5.02 Å². The Morgan fingerprint density at radius 1 is 1.38 bits per heavy atom. The summed E-state index contributed by atoms with van der Waals surface area (Å²) in [5.74, 6) is 0.499. The molecule has 1 aromatic heterocycles. The monoisotopic (exact) mass is 305 g/mol. The first kappa shape index (κ1) is 13.9. The molecule has 1 aliphatic heterocycles. The molecule has 1 amide bonds. The van der Waals surface area contributed by atoms with Crippen molar-refractivity contribution in [3.63, 3.8) is 0 Å².